The summed E-state index contributed by atoms with van der Waals surface area (Å²) in [7, 11) is 1.54. The van der Waals surface area contributed by atoms with Crippen LogP contribution in [0.3, 0.4) is 0 Å². The molecule has 0 bridgehead atoms. The first-order chi connectivity index (χ1) is 16.9. The van der Waals surface area contributed by atoms with Crippen LogP contribution in [0.15, 0.2) is 29.2 Å². The molecule has 2 heterocycles. The van der Waals surface area contributed by atoms with Gasteiger partial charge in [-0.25, -0.2) is 0 Å². The van der Waals surface area contributed by atoms with Crippen LogP contribution in [-0.4, -0.2) is 59.6 Å². The Morgan fingerprint density at radius 3 is 2.11 bits per heavy atom. The van der Waals surface area contributed by atoms with Gasteiger partial charge in [0.05, 0.1) is 12.7 Å². The monoisotopic (exact) mass is 503 g/mol. The Morgan fingerprint density at radius 1 is 1.00 bits per heavy atom. The van der Waals surface area contributed by atoms with E-state index in [-0.39, 0.29) is 17.9 Å². The quantitative estimate of drug-likeness (QED) is 0.442. The number of aryl methyl sites for hydroxylation is 2. The van der Waals surface area contributed by atoms with Crippen molar-refractivity contribution in [3.05, 3.63) is 45.9 Å². The van der Waals surface area contributed by atoms with E-state index in [9.17, 15) is 24.3 Å². The first-order valence-corrected chi connectivity index (χ1v) is 11.2. The molecule has 194 valence electrons. The van der Waals surface area contributed by atoms with E-state index in [1.165, 1.54) is 26.1 Å². The molecule has 36 heavy (non-hydrogen) atoms. The lowest BCUT2D eigenvalue weighted by atomic mass is 10.00. The summed E-state index contributed by atoms with van der Waals surface area (Å²) in [4.78, 5) is 48.7. The number of rotatable bonds is 7. The van der Waals surface area contributed by atoms with Gasteiger partial charge in [0.15, 0.2) is 18.4 Å². The number of nitrogens with zero attached hydrogens (tertiary/aromatic N) is 1. The maximum atomic E-state index is 13.6. The Morgan fingerprint density at radius 2 is 1.58 bits per heavy atom. The van der Waals surface area contributed by atoms with Crippen LogP contribution in [0.4, 0.5) is 0 Å². The van der Waals surface area contributed by atoms with E-state index in [1.807, 2.05) is 13.8 Å². The molecule has 1 N–H and O–H groups in total. The van der Waals surface area contributed by atoms with Gasteiger partial charge in [-0.15, -0.1) is 0 Å². The number of esters is 3. The predicted molar refractivity (Wildman–Crippen MR) is 125 cm³/mol. The van der Waals surface area contributed by atoms with E-state index in [0.29, 0.717) is 11.3 Å². The van der Waals surface area contributed by atoms with Crippen LogP contribution in [0, 0.1) is 13.8 Å². The van der Waals surface area contributed by atoms with Gasteiger partial charge in [-0.3, -0.25) is 23.7 Å². The van der Waals surface area contributed by atoms with E-state index in [4.69, 9.17) is 23.7 Å². The number of carbonyl (C=O) groups excluding carboxylic acids is 3. The molecule has 1 saturated heterocycles. The van der Waals surface area contributed by atoms with E-state index in [1.54, 1.807) is 19.2 Å². The summed E-state index contributed by atoms with van der Waals surface area (Å²) in [6, 6.07) is 4.72. The summed E-state index contributed by atoms with van der Waals surface area (Å²) in [5.41, 5.74) is 1.30. The van der Waals surface area contributed by atoms with Crippen molar-refractivity contribution in [2.75, 3.05) is 13.7 Å². The predicted octanol–water partition coefficient (Wildman–Crippen LogP) is 2.17. The average Bonchev–Trinajstić information content (AvgIpc) is 3.08. The molecule has 0 unspecified atom stereocenters. The third-order valence-corrected chi connectivity index (χ3v) is 5.67. The van der Waals surface area contributed by atoms with Crippen LogP contribution in [0.1, 0.15) is 38.1 Å². The van der Waals surface area contributed by atoms with Gasteiger partial charge in [0.25, 0.3) is 5.56 Å². The highest BCUT2D eigenvalue weighted by Gasteiger charge is 2.51. The number of pyridine rings is 1. The number of benzene rings is 1. The normalized spacial score (nSPS) is 21.1. The van der Waals surface area contributed by atoms with E-state index >= 15 is 0 Å². The van der Waals surface area contributed by atoms with Crippen molar-refractivity contribution in [1.82, 2.24) is 4.57 Å². The second-order valence-electron chi connectivity index (χ2n) is 8.45. The lowest BCUT2D eigenvalue weighted by Crippen LogP contribution is -2.41. The second kappa shape index (κ2) is 10.8. The molecule has 11 heteroatoms. The van der Waals surface area contributed by atoms with E-state index in [2.05, 4.69) is 0 Å². The molecular weight excluding hydrogens is 474 g/mol. The van der Waals surface area contributed by atoms with Crippen molar-refractivity contribution in [3.8, 4) is 22.6 Å². The summed E-state index contributed by atoms with van der Waals surface area (Å²) in [6.45, 7) is 6.85. The topological polar surface area (TPSA) is 140 Å². The molecule has 0 amide bonds. The first-order valence-electron chi connectivity index (χ1n) is 11.2. The minimum Gasteiger partial charge on any atom is -0.507 e. The summed E-state index contributed by atoms with van der Waals surface area (Å²) in [5, 5.41) is 10.6. The van der Waals surface area contributed by atoms with Crippen LogP contribution < -0.4 is 10.3 Å². The zero-order chi connectivity index (χ0) is 26.7. The highest BCUT2D eigenvalue weighted by molar-refractivity contribution is 5.72. The zero-order valence-corrected chi connectivity index (χ0v) is 20.9. The van der Waals surface area contributed by atoms with Crippen molar-refractivity contribution in [3.63, 3.8) is 0 Å². The number of ether oxygens (including phenoxy) is 5. The SMILES string of the molecule is COc1c(C)cc(-c2c(O)ccn([C@@H]3O[C@H](COC(C)=O)[C@@H](OC(C)=O)[C@H]3OC(C)=O)c2=O)cc1C. The van der Waals surface area contributed by atoms with Gasteiger partial charge in [0, 0.05) is 27.0 Å². The maximum Gasteiger partial charge on any atom is 0.303 e. The summed E-state index contributed by atoms with van der Waals surface area (Å²) < 4.78 is 28.3. The van der Waals surface area contributed by atoms with Crippen molar-refractivity contribution in [2.45, 2.75) is 59.2 Å². The van der Waals surface area contributed by atoms with Crippen molar-refractivity contribution < 1.29 is 43.2 Å². The zero-order valence-electron chi connectivity index (χ0n) is 20.9. The minimum absolute atomic E-state index is 0.0102. The maximum absolute atomic E-state index is 13.6. The smallest absolute Gasteiger partial charge is 0.303 e. The number of aromatic hydroxyl groups is 1. The van der Waals surface area contributed by atoms with Crippen LogP contribution in [-0.2, 0) is 33.3 Å². The summed E-state index contributed by atoms with van der Waals surface area (Å²) in [5.74, 6) is -1.59. The van der Waals surface area contributed by atoms with Gasteiger partial charge >= 0.3 is 17.9 Å². The molecule has 0 radical (unpaired) electrons. The highest BCUT2D eigenvalue weighted by Crippen LogP contribution is 2.36. The Labute approximate surface area is 207 Å². The molecule has 1 aromatic heterocycles. The Bertz CT molecular complexity index is 1210. The third-order valence-electron chi connectivity index (χ3n) is 5.67. The lowest BCUT2D eigenvalue weighted by Gasteiger charge is -2.24. The summed E-state index contributed by atoms with van der Waals surface area (Å²) in [6.07, 6.45) is -3.38. The number of methoxy groups -OCH3 is 1. The van der Waals surface area contributed by atoms with Crippen molar-refractivity contribution in [1.29, 1.82) is 0 Å². The molecule has 2 aromatic rings. The summed E-state index contributed by atoms with van der Waals surface area (Å²) >= 11 is 0. The fourth-order valence-electron chi connectivity index (χ4n) is 4.35. The fourth-order valence-corrected chi connectivity index (χ4v) is 4.35. The van der Waals surface area contributed by atoms with Crippen LogP contribution in [0.5, 0.6) is 11.5 Å². The number of carbonyl (C=O) groups is 3. The molecule has 4 atom stereocenters. The molecule has 1 fully saturated rings. The van der Waals surface area contributed by atoms with Crippen LogP contribution >= 0.6 is 0 Å². The molecule has 0 spiro atoms. The van der Waals surface area contributed by atoms with Crippen LogP contribution in [0.25, 0.3) is 11.1 Å². The molecule has 1 aliphatic rings. The van der Waals surface area contributed by atoms with E-state index in [0.717, 1.165) is 22.6 Å². The number of hydrogen-bond acceptors (Lipinski definition) is 10. The molecule has 0 aliphatic carbocycles. The third kappa shape index (κ3) is 5.51. The van der Waals surface area contributed by atoms with Gasteiger partial charge in [-0.2, -0.15) is 0 Å². The standard InChI is InChI=1S/C25H29NO10/c1-12-9-17(10-13(2)21(12)32-6)20-18(30)7-8-26(24(20)31)25-23(35-16(5)29)22(34-15(4)28)19(36-25)11-33-14(3)27/h7-10,19,22-23,25,30H,11H2,1-6H3/t19-,22-,23-,25-/m1/s1. The fraction of sp³-hybridized carbons (Fsp3) is 0.440. The molecule has 1 aliphatic heterocycles. The highest BCUT2D eigenvalue weighted by atomic mass is 16.7. The van der Waals surface area contributed by atoms with Gasteiger partial charge < -0.3 is 28.8 Å². The van der Waals surface area contributed by atoms with Gasteiger partial charge in [-0.05, 0) is 48.7 Å². The van der Waals surface area contributed by atoms with Gasteiger partial charge in [0.2, 0.25) is 0 Å². The van der Waals surface area contributed by atoms with Crippen molar-refractivity contribution in [2.24, 2.45) is 0 Å². The average molecular weight is 504 g/mol. The molecule has 1 aromatic carbocycles. The molecule has 11 nitrogen and oxygen atoms in total. The lowest BCUT2D eigenvalue weighted by molar-refractivity contribution is -0.166. The van der Waals surface area contributed by atoms with Crippen LogP contribution in [0.2, 0.25) is 0 Å². The van der Waals surface area contributed by atoms with E-state index < -0.39 is 48.0 Å². The Balaban J connectivity index is 2.13. The molecule has 0 saturated carbocycles. The first kappa shape index (κ1) is 26.7. The van der Waals surface area contributed by atoms with Gasteiger partial charge in [-0.1, -0.05) is 0 Å². The number of aromatic nitrogens is 1. The minimum atomic E-state index is -1.24. The van der Waals surface area contributed by atoms with Gasteiger partial charge in [0.1, 0.15) is 24.2 Å². The molecule has 3 rings (SSSR count). The molecular formula is C25H29NO10. The second-order valence-corrected chi connectivity index (χ2v) is 8.45. The van der Waals surface area contributed by atoms with Crippen molar-refractivity contribution >= 4 is 17.9 Å². The Hall–Kier alpha value is -3.86. The Kier molecular flexibility index (Phi) is 8.03. The number of hydrogen-bond donors (Lipinski definition) is 1. The largest absolute Gasteiger partial charge is 0.507 e.